The first-order chi connectivity index (χ1) is 10.8. The maximum Gasteiger partial charge on any atom is 0.119 e. The standard InChI is InChI=1S/C20H35NO/c1-4-6-8-10-12-18(3)21-19-13-15-20(16-14-19)22-17-11-9-7-5-2/h13-16,18,21H,4-12,17H2,1-3H3/t18-/m1/s1. The summed E-state index contributed by atoms with van der Waals surface area (Å²) in [4.78, 5) is 0. The van der Waals surface area contributed by atoms with Gasteiger partial charge in [-0.15, -0.1) is 0 Å². The van der Waals surface area contributed by atoms with Gasteiger partial charge in [-0.1, -0.05) is 58.8 Å². The Morgan fingerprint density at radius 2 is 1.50 bits per heavy atom. The number of unbranched alkanes of at least 4 members (excludes halogenated alkanes) is 6. The Labute approximate surface area is 137 Å². The summed E-state index contributed by atoms with van der Waals surface area (Å²) in [5.74, 6) is 0.984. The van der Waals surface area contributed by atoms with Gasteiger partial charge < -0.3 is 10.1 Å². The molecule has 0 bridgehead atoms. The summed E-state index contributed by atoms with van der Waals surface area (Å²) in [5, 5.41) is 3.57. The van der Waals surface area contributed by atoms with Crippen LogP contribution in [0.3, 0.4) is 0 Å². The third kappa shape index (κ3) is 8.96. The van der Waals surface area contributed by atoms with E-state index in [1.54, 1.807) is 0 Å². The summed E-state index contributed by atoms with van der Waals surface area (Å²) in [6.07, 6.45) is 11.6. The zero-order valence-corrected chi connectivity index (χ0v) is 14.9. The SMILES string of the molecule is CCCCCCOc1ccc(N[C@H](C)CCCCCC)cc1. The van der Waals surface area contributed by atoms with Crippen LogP contribution in [0.25, 0.3) is 0 Å². The third-order valence-electron chi connectivity index (χ3n) is 4.02. The second-order valence-electron chi connectivity index (χ2n) is 6.33. The van der Waals surface area contributed by atoms with Crippen LogP contribution in [0.4, 0.5) is 5.69 Å². The van der Waals surface area contributed by atoms with E-state index in [4.69, 9.17) is 4.74 Å². The molecule has 0 fully saturated rings. The van der Waals surface area contributed by atoms with E-state index in [1.807, 2.05) is 0 Å². The van der Waals surface area contributed by atoms with Crippen LogP contribution in [-0.2, 0) is 0 Å². The molecule has 1 N–H and O–H groups in total. The largest absolute Gasteiger partial charge is 0.494 e. The first kappa shape index (κ1) is 18.9. The Morgan fingerprint density at radius 1 is 0.864 bits per heavy atom. The summed E-state index contributed by atoms with van der Waals surface area (Å²) >= 11 is 0. The van der Waals surface area contributed by atoms with Gasteiger partial charge in [0.1, 0.15) is 5.75 Å². The van der Waals surface area contributed by atoms with Gasteiger partial charge in [0.2, 0.25) is 0 Å². The van der Waals surface area contributed by atoms with Gasteiger partial charge in [-0.05, 0) is 44.0 Å². The molecule has 0 saturated carbocycles. The van der Waals surface area contributed by atoms with Crippen molar-refractivity contribution in [1.82, 2.24) is 0 Å². The maximum absolute atomic E-state index is 5.78. The number of rotatable bonds is 13. The molecule has 1 aromatic carbocycles. The summed E-state index contributed by atoms with van der Waals surface area (Å²) in [6, 6.07) is 8.95. The minimum Gasteiger partial charge on any atom is -0.494 e. The molecule has 1 atom stereocenters. The van der Waals surface area contributed by atoms with E-state index in [2.05, 4.69) is 50.4 Å². The zero-order chi connectivity index (χ0) is 16.0. The van der Waals surface area contributed by atoms with Gasteiger partial charge >= 0.3 is 0 Å². The first-order valence-electron chi connectivity index (χ1n) is 9.25. The Hall–Kier alpha value is -1.18. The fourth-order valence-corrected chi connectivity index (χ4v) is 2.60. The second-order valence-corrected chi connectivity index (χ2v) is 6.33. The highest BCUT2D eigenvalue weighted by Gasteiger charge is 2.02. The van der Waals surface area contributed by atoms with Crippen molar-refractivity contribution in [2.75, 3.05) is 11.9 Å². The number of hydrogen-bond donors (Lipinski definition) is 1. The topological polar surface area (TPSA) is 21.3 Å². The Balaban J connectivity index is 2.20. The van der Waals surface area contributed by atoms with Gasteiger partial charge in [-0.2, -0.15) is 0 Å². The molecule has 0 aromatic heterocycles. The van der Waals surface area contributed by atoms with Crippen LogP contribution in [0, 0.1) is 0 Å². The van der Waals surface area contributed by atoms with Crippen LogP contribution in [0.1, 0.15) is 78.6 Å². The Morgan fingerprint density at radius 3 is 2.14 bits per heavy atom. The zero-order valence-electron chi connectivity index (χ0n) is 14.9. The molecule has 0 radical (unpaired) electrons. The van der Waals surface area contributed by atoms with Crippen LogP contribution in [0.2, 0.25) is 0 Å². The minimum atomic E-state index is 0.540. The van der Waals surface area contributed by atoms with E-state index in [9.17, 15) is 0 Å². The van der Waals surface area contributed by atoms with E-state index in [1.165, 1.54) is 57.1 Å². The van der Waals surface area contributed by atoms with Gasteiger partial charge in [-0.3, -0.25) is 0 Å². The fourth-order valence-electron chi connectivity index (χ4n) is 2.60. The normalized spacial score (nSPS) is 12.1. The molecule has 0 heterocycles. The molecule has 0 aliphatic rings. The molecular formula is C20H35NO. The highest BCUT2D eigenvalue weighted by atomic mass is 16.5. The highest BCUT2D eigenvalue weighted by Crippen LogP contribution is 2.18. The molecule has 0 saturated heterocycles. The van der Waals surface area contributed by atoms with Crippen LogP contribution in [-0.4, -0.2) is 12.6 Å². The molecule has 0 amide bonds. The van der Waals surface area contributed by atoms with Crippen molar-refractivity contribution in [3.05, 3.63) is 24.3 Å². The molecule has 22 heavy (non-hydrogen) atoms. The summed E-state index contributed by atoms with van der Waals surface area (Å²) in [6.45, 7) is 7.59. The highest BCUT2D eigenvalue weighted by molar-refractivity contribution is 5.46. The Bertz CT molecular complexity index is 360. The van der Waals surface area contributed by atoms with Crippen molar-refractivity contribution in [3.63, 3.8) is 0 Å². The summed E-state index contributed by atoms with van der Waals surface area (Å²) in [7, 11) is 0. The minimum absolute atomic E-state index is 0.540. The van der Waals surface area contributed by atoms with E-state index in [0.29, 0.717) is 6.04 Å². The molecule has 1 rings (SSSR count). The van der Waals surface area contributed by atoms with E-state index in [-0.39, 0.29) is 0 Å². The number of hydrogen-bond acceptors (Lipinski definition) is 2. The molecule has 0 spiro atoms. The van der Waals surface area contributed by atoms with Crippen molar-refractivity contribution in [2.45, 2.75) is 84.6 Å². The van der Waals surface area contributed by atoms with E-state index in [0.717, 1.165) is 18.8 Å². The number of nitrogens with one attached hydrogen (secondary N) is 1. The third-order valence-corrected chi connectivity index (χ3v) is 4.02. The first-order valence-corrected chi connectivity index (χ1v) is 9.25. The van der Waals surface area contributed by atoms with Gasteiger partial charge in [0.05, 0.1) is 6.61 Å². The van der Waals surface area contributed by atoms with Crippen LogP contribution in [0.5, 0.6) is 5.75 Å². The lowest BCUT2D eigenvalue weighted by Gasteiger charge is -2.15. The van der Waals surface area contributed by atoms with Gasteiger partial charge in [0.15, 0.2) is 0 Å². The molecule has 2 nitrogen and oxygen atoms in total. The van der Waals surface area contributed by atoms with E-state index >= 15 is 0 Å². The number of ether oxygens (including phenoxy) is 1. The van der Waals surface area contributed by atoms with Crippen molar-refractivity contribution in [1.29, 1.82) is 0 Å². The van der Waals surface area contributed by atoms with Gasteiger partial charge in [-0.25, -0.2) is 0 Å². The number of anilines is 1. The van der Waals surface area contributed by atoms with Gasteiger partial charge in [0.25, 0.3) is 0 Å². The fraction of sp³-hybridized carbons (Fsp3) is 0.700. The molecule has 0 aliphatic heterocycles. The second kappa shape index (κ2) is 12.4. The molecule has 126 valence electrons. The summed E-state index contributed by atoms with van der Waals surface area (Å²) in [5.41, 5.74) is 1.20. The van der Waals surface area contributed by atoms with Crippen LogP contribution in [0.15, 0.2) is 24.3 Å². The van der Waals surface area contributed by atoms with E-state index < -0.39 is 0 Å². The Kier molecular flexibility index (Phi) is 10.6. The molecule has 0 aliphatic carbocycles. The predicted octanol–water partition coefficient (Wildman–Crippen LogP) is 6.42. The average Bonchev–Trinajstić information content (AvgIpc) is 2.53. The van der Waals surface area contributed by atoms with Crippen molar-refractivity contribution in [2.24, 2.45) is 0 Å². The van der Waals surface area contributed by atoms with Crippen molar-refractivity contribution in [3.8, 4) is 5.75 Å². The van der Waals surface area contributed by atoms with Gasteiger partial charge in [0, 0.05) is 11.7 Å². The quantitative estimate of drug-likeness (QED) is 0.425. The maximum atomic E-state index is 5.78. The van der Waals surface area contributed by atoms with Crippen LogP contribution >= 0.6 is 0 Å². The lowest BCUT2D eigenvalue weighted by atomic mass is 10.1. The molecular weight excluding hydrogens is 270 g/mol. The lowest BCUT2D eigenvalue weighted by Crippen LogP contribution is -2.14. The van der Waals surface area contributed by atoms with Crippen molar-refractivity contribution >= 4 is 5.69 Å². The molecule has 0 unspecified atom stereocenters. The molecule has 1 aromatic rings. The monoisotopic (exact) mass is 305 g/mol. The number of benzene rings is 1. The smallest absolute Gasteiger partial charge is 0.119 e. The molecule has 2 heteroatoms. The average molecular weight is 306 g/mol. The predicted molar refractivity (Wildman–Crippen MR) is 97.9 cm³/mol. The van der Waals surface area contributed by atoms with Crippen LogP contribution < -0.4 is 10.1 Å². The van der Waals surface area contributed by atoms with Crippen molar-refractivity contribution < 1.29 is 4.74 Å². The lowest BCUT2D eigenvalue weighted by molar-refractivity contribution is 0.305. The summed E-state index contributed by atoms with van der Waals surface area (Å²) < 4.78 is 5.78.